The highest BCUT2D eigenvalue weighted by Crippen LogP contribution is 2.27. The zero-order chi connectivity index (χ0) is 15.8. The van der Waals surface area contributed by atoms with Crippen molar-refractivity contribution in [2.75, 3.05) is 12.8 Å². The van der Waals surface area contributed by atoms with Gasteiger partial charge < -0.3 is 15.6 Å². The van der Waals surface area contributed by atoms with Gasteiger partial charge in [-0.05, 0) is 45.9 Å². The van der Waals surface area contributed by atoms with E-state index < -0.39 is 21.2 Å². The van der Waals surface area contributed by atoms with Gasteiger partial charge in [0.1, 0.15) is 5.75 Å². The number of nitrogens with one attached hydrogen (secondary N) is 1. The summed E-state index contributed by atoms with van der Waals surface area (Å²) in [6, 6.07) is 4.21. The molecule has 0 bridgehead atoms. The molecule has 0 spiro atoms. The molecule has 0 fully saturated rings. The molecule has 0 saturated heterocycles. The summed E-state index contributed by atoms with van der Waals surface area (Å²) >= 11 is 0. The van der Waals surface area contributed by atoms with E-state index in [1.807, 2.05) is 0 Å². The SMILES string of the molecule is COc1ccc(S(=O)(=O)NC(C)(C)C(C)(C)O)cc1N. The third-order valence-corrected chi connectivity index (χ3v) is 5.08. The number of hydrogen-bond donors (Lipinski definition) is 3. The molecule has 0 heterocycles. The molecule has 7 heteroatoms. The molecule has 0 amide bonds. The number of hydrogen-bond acceptors (Lipinski definition) is 5. The number of aliphatic hydroxyl groups is 1. The van der Waals surface area contributed by atoms with Crippen LogP contribution >= 0.6 is 0 Å². The van der Waals surface area contributed by atoms with Crippen LogP contribution in [0, 0.1) is 0 Å². The van der Waals surface area contributed by atoms with Crippen molar-refractivity contribution in [2.45, 2.75) is 43.7 Å². The van der Waals surface area contributed by atoms with Crippen LogP contribution in [0.15, 0.2) is 23.1 Å². The van der Waals surface area contributed by atoms with Gasteiger partial charge in [-0.15, -0.1) is 0 Å². The first-order valence-corrected chi connectivity index (χ1v) is 7.59. The number of benzene rings is 1. The van der Waals surface area contributed by atoms with Gasteiger partial charge in [-0.3, -0.25) is 0 Å². The average molecular weight is 302 g/mol. The van der Waals surface area contributed by atoms with Crippen molar-refractivity contribution in [2.24, 2.45) is 0 Å². The van der Waals surface area contributed by atoms with Crippen molar-refractivity contribution in [3.05, 3.63) is 18.2 Å². The Morgan fingerprint density at radius 3 is 2.20 bits per heavy atom. The smallest absolute Gasteiger partial charge is 0.241 e. The lowest BCUT2D eigenvalue weighted by Gasteiger charge is -2.37. The van der Waals surface area contributed by atoms with Gasteiger partial charge in [0.15, 0.2) is 0 Å². The first-order valence-electron chi connectivity index (χ1n) is 6.10. The molecule has 0 aliphatic rings. The van der Waals surface area contributed by atoms with Crippen LogP contribution in [-0.2, 0) is 10.0 Å². The molecule has 4 N–H and O–H groups in total. The normalized spacial score (nSPS) is 13.3. The number of sulfonamides is 1. The van der Waals surface area contributed by atoms with Crippen molar-refractivity contribution in [1.82, 2.24) is 4.72 Å². The van der Waals surface area contributed by atoms with E-state index in [2.05, 4.69) is 4.72 Å². The summed E-state index contributed by atoms with van der Waals surface area (Å²) in [6.07, 6.45) is 0. The third-order valence-electron chi connectivity index (χ3n) is 3.43. The lowest BCUT2D eigenvalue weighted by molar-refractivity contribution is 0.00639. The lowest BCUT2D eigenvalue weighted by Crippen LogP contribution is -2.57. The number of nitrogens with two attached hydrogens (primary N) is 1. The molecule has 0 radical (unpaired) electrons. The van der Waals surface area contributed by atoms with Crippen molar-refractivity contribution in [1.29, 1.82) is 0 Å². The Morgan fingerprint density at radius 2 is 1.80 bits per heavy atom. The Morgan fingerprint density at radius 1 is 1.25 bits per heavy atom. The zero-order valence-electron chi connectivity index (χ0n) is 12.4. The van der Waals surface area contributed by atoms with Crippen LogP contribution in [-0.4, -0.2) is 31.8 Å². The first kappa shape index (κ1) is 16.7. The van der Waals surface area contributed by atoms with E-state index in [4.69, 9.17) is 10.5 Å². The molecular weight excluding hydrogens is 280 g/mol. The van der Waals surface area contributed by atoms with E-state index >= 15 is 0 Å². The molecule has 0 atom stereocenters. The number of rotatable bonds is 5. The van der Waals surface area contributed by atoms with Crippen molar-refractivity contribution in [3.63, 3.8) is 0 Å². The Hall–Kier alpha value is -1.31. The molecule has 0 aromatic heterocycles. The van der Waals surface area contributed by atoms with Crippen LogP contribution in [0.3, 0.4) is 0 Å². The predicted molar refractivity (Wildman–Crippen MR) is 78.1 cm³/mol. The summed E-state index contributed by atoms with van der Waals surface area (Å²) < 4.78 is 32.1. The Bertz CT molecular complexity index is 589. The van der Waals surface area contributed by atoms with Crippen molar-refractivity contribution < 1.29 is 18.3 Å². The molecule has 20 heavy (non-hydrogen) atoms. The van der Waals surface area contributed by atoms with Crippen LogP contribution in [0.2, 0.25) is 0 Å². The third kappa shape index (κ3) is 3.41. The molecule has 0 aliphatic heterocycles. The molecule has 1 aromatic rings. The number of methoxy groups -OCH3 is 1. The Kier molecular flexibility index (Phi) is 4.38. The van der Waals surface area contributed by atoms with E-state index in [0.29, 0.717) is 5.75 Å². The Labute approximate surface area is 120 Å². The maximum atomic E-state index is 12.3. The van der Waals surface area contributed by atoms with Crippen LogP contribution in [0.1, 0.15) is 27.7 Å². The first-order chi connectivity index (χ1) is 8.90. The van der Waals surface area contributed by atoms with Crippen LogP contribution in [0.25, 0.3) is 0 Å². The minimum atomic E-state index is -3.79. The minimum Gasteiger partial charge on any atom is -0.495 e. The zero-order valence-corrected chi connectivity index (χ0v) is 13.2. The van der Waals surface area contributed by atoms with E-state index in [9.17, 15) is 13.5 Å². The lowest BCUT2D eigenvalue weighted by atomic mass is 9.87. The second-order valence-electron chi connectivity index (χ2n) is 5.69. The van der Waals surface area contributed by atoms with E-state index in [1.165, 1.54) is 39.2 Å². The molecule has 0 unspecified atom stereocenters. The van der Waals surface area contributed by atoms with E-state index in [-0.39, 0.29) is 10.6 Å². The van der Waals surface area contributed by atoms with E-state index in [0.717, 1.165) is 0 Å². The van der Waals surface area contributed by atoms with Crippen molar-refractivity contribution in [3.8, 4) is 5.75 Å². The highest BCUT2D eigenvalue weighted by Gasteiger charge is 2.38. The van der Waals surface area contributed by atoms with Gasteiger partial charge >= 0.3 is 0 Å². The van der Waals surface area contributed by atoms with Gasteiger partial charge in [-0.1, -0.05) is 0 Å². The second kappa shape index (κ2) is 5.23. The van der Waals surface area contributed by atoms with Crippen LogP contribution < -0.4 is 15.2 Å². The molecule has 0 aliphatic carbocycles. The largest absolute Gasteiger partial charge is 0.495 e. The molecule has 0 saturated carbocycles. The fraction of sp³-hybridized carbons (Fsp3) is 0.538. The molecular formula is C13H22N2O4S. The number of anilines is 1. The summed E-state index contributed by atoms with van der Waals surface area (Å²) in [5.74, 6) is 0.408. The van der Waals surface area contributed by atoms with Gasteiger partial charge in [0.25, 0.3) is 0 Å². The highest BCUT2D eigenvalue weighted by molar-refractivity contribution is 7.89. The summed E-state index contributed by atoms with van der Waals surface area (Å²) in [6.45, 7) is 6.30. The summed E-state index contributed by atoms with van der Waals surface area (Å²) in [5, 5.41) is 10.0. The molecule has 114 valence electrons. The number of ether oxygens (including phenoxy) is 1. The van der Waals surface area contributed by atoms with Crippen LogP contribution in [0.5, 0.6) is 5.75 Å². The Balaban J connectivity index is 3.16. The maximum absolute atomic E-state index is 12.3. The van der Waals surface area contributed by atoms with Gasteiger partial charge in [0.2, 0.25) is 10.0 Å². The average Bonchev–Trinajstić information content (AvgIpc) is 2.25. The van der Waals surface area contributed by atoms with Gasteiger partial charge in [0, 0.05) is 0 Å². The fourth-order valence-electron chi connectivity index (χ4n) is 1.40. The standard InChI is InChI=1S/C13H22N2O4S/c1-12(2,13(3,4)16)15-20(17,18)9-6-7-11(19-5)10(14)8-9/h6-8,15-16H,14H2,1-5H3. The molecule has 6 nitrogen and oxygen atoms in total. The topological polar surface area (TPSA) is 102 Å². The monoisotopic (exact) mass is 302 g/mol. The highest BCUT2D eigenvalue weighted by atomic mass is 32.2. The molecule has 1 rings (SSSR count). The summed E-state index contributed by atoms with van der Waals surface area (Å²) in [5.41, 5.74) is 3.68. The minimum absolute atomic E-state index is 0.0214. The van der Waals surface area contributed by atoms with Gasteiger partial charge in [0.05, 0.1) is 28.8 Å². The van der Waals surface area contributed by atoms with Gasteiger partial charge in [-0.2, -0.15) is 0 Å². The summed E-state index contributed by atoms with van der Waals surface area (Å²) in [7, 11) is -2.34. The quantitative estimate of drug-likeness (QED) is 0.707. The summed E-state index contributed by atoms with van der Waals surface area (Å²) in [4.78, 5) is 0.0214. The van der Waals surface area contributed by atoms with E-state index in [1.54, 1.807) is 13.8 Å². The second-order valence-corrected chi connectivity index (χ2v) is 7.38. The maximum Gasteiger partial charge on any atom is 0.241 e. The van der Waals surface area contributed by atoms with Gasteiger partial charge in [-0.25, -0.2) is 13.1 Å². The number of nitrogen functional groups attached to an aromatic ring is 1. The van der Waals surface area contributed by atoms with Crippen LogP contribution in [0.4, 0.5) is 5.69 Å². The predicted octanol–water partition coefficient (Wildman–Crippen LogP) is 1.11. The van der Waals surface area contributed by atoms with Crippen molar-refractivity contribution >= 4 is 15.7 Å². The fourth-order valence-corrected chi connectivity index (χ4v) is 2.97. The molecule has 1 aromatic carbocycles.